The number of hydrogen-bond donors (Lipinski definition) is 1. The summed E-state index contributed by atoms with van der Waals surface area (Å²) in [6.07, 6.45) is 2.57. The molecule has 2 rings (SSSR count). The largest absolute Gasteiger partial charge is 0.447 e. The van der Waals surface area contributed by atoms with E-state index in [9.17, 15) is 4.79 Å². The van der Waals surface area contributed by atoms with Gasteiger partial charge in [0, 0.05) is 5.92 Å². The fraction of sp³-hybridized carbons (Fsp3) is 0.571. The fourth-order valence-corrected chi connectivity index (χ4v) is 1.42. The average molecular weight is 139 g/mol. The van der Waals surface area contributed by atoms with E-state index in [4.69, 9.17) is 4.74 Å². The molecular weight excluding hydrogens is 130 g/mol. The predicted molar refractivity (Wildman–Crippen MR) is 35.5 cm³/mol. The fourth-order valence-electron chi connectivity index (χ4n) is 1.42. The zero-order valence-corrected chi connectivity index (χ0v) is 5.59. The lowest BCUT2D eigenvalue weighted by Crippen LogP contribution is -2.29. The Hall–Kier alpha value is -0.990. The summed E-state index contributed by atoms with van der Waals surface area (Å²) in [5, 5.41) is 2.77. The molecule has 1 N–H and O–H groups in total. The van der Waals surface area contributed by atoms with Gasteiger partial charge in [0.25, 0.3) is 0 Å². The molecule has 1 saturated carbocycles. The molecule has 1 saturated heterocycles. The molecule has 0 radical (unpaired) electrons. The standard InChI is InChI=1S/C7H9NO2/c1-2-5-3-7(5)4-10-6(9)8-7/h2,5H,1,3-4H2,(H,8,9). The topological polar surface area (TPSA) is 38.3 Å². The van der Waals surface area contributed by atoms with Gasteiger partial charge in [-0.25, -0.2) is 4.79 Å². The number of ether oxygens (including phenoxy) is 1. The van der Waals surface area contributed by atoms with Crippen molar-refractivity contribution in [1.82, 2.24) is 5.32 Å². The average Bonchev–Trinajstić information content (AvgIpc) is 2.46. The van der Waals surface area contributed by atoms with E-state index in [-0.39, 0.29) is 11.6 Å². The van der Waals surface area contributed by atoms with Crippen LogP contribution in [0.25, 0.3) is 0 Å². The summed E-state index contributed by atoms with van der Waals surface area (Å²) in [5.74, 6) is 0.430. The van der Waals surface area contributed by atoms with E-state index >= 15 is 0 Å². The number of amides is 1. The Morgan fingerprint density at radius 3 is 3.10 bits per heavy atom. The van der Waals surface area contributed by atoms with Gasteiger partial charge in [0.2, 0.25) is 0 Å². The molecule has 3 nitrogen and oxygen atoms in total. The van der Waals surface area contributed by atoms with E-state index in [0.29, 0.717) is 12.5 Å². The number of carbonyl (C=O) groups is 1. The Morgan fingerprint density at radius 2 is 2.70 bits per heavy atom. The highest BCUT2D eigenvalue weighted by atomic mass is 16.6. The van der Waals surface area contributed by atoms with E-state index in [1.54, 1.807) is 0 Å². The Kier molecular flexibility index (Phi) is 0.886. The quantitative estimate of drug-likeness (QED) is 0.542. The predicted octanol–water partition coefficient (Wildman–Crippen LogP) is 0.671. The molecular formula is C7H9NO2. The SMILES string of the molecule is C=CC1CC12COC(=O)N2. The molecule has 0 aromatic rings. The van der Waals surface area contributed by atoms with Gasteiger partial charge in [-0.05, 0) is 6.42 Å². The lowest BCUT2D eigenvalue weighted by molar-refractivity contribution is 0.176. The van der Waals surface area contributed by atoms with Crippen molar-refractivity contribution in [2.24, 2.45) is 5.92 Å². The molecule has 10 heavy (non-hydrogen) atoms. The highest BCUT2D eigenvalue weighted by Crippen LogP contribution is 2.46. The van der Waals surface area contributed by atoms with Gasteiger partial charge in [0.1, 0.15) is 6.61 Å². The number of alkyl carbamates (subject to hydrolysis) is 1. The van der Waals surface area contributed by atoms with Gasteiger partial charge in [-0.3, -0.25) is 0 Å². The highest BCUT2D eigenvalue weighted by Gasteiger charge is 2.58. The maximum Gasteiger partial charge on any atom is 0.407 e. The lowest BCUT2D eigenvalue weighted by atomic mass is 10.2. The van der Waals surface area contributed by atoms with Gasteiger partial charge < -0.3 is 10.1 Å². The Balaban J connectivity index is 2.08. The van der Waals surface area contributed by atoms with Gasteiger partial charge >= 0.3 is 6.09 Å². The summed E-state index contributed by atoms with van der Waals surface area (Å²) >= 11 is 0. The Labute approximate surface area is 59.1 Å². The highest BCUT2D eigenvalue weighted by molar-refractivity contribution is 5.72. The van der Waals surface area contributed by atoms with Crippen LogP contribution in [0.15, 0.2) is 12.7 Å². The van der Waals surface area contributed by atoms with E-state index in [0.717, 1.165) is 6.42 Å². The van der Waals surface area contributed by atoms with Gasteiger partial charge in [0.15, 0.2) is 0 Å². The number of cyclic esters (lactones) is 1. The Morgan fingerprint density at radius 1 is 1.90 bits per heavy atom. The van der Waals surface area contributed by atoms with E-state index in [2.05, 4.69) is 11.9 Å². The summed E-state index contributed by atoms with van der Waals surface area (Å²) in [4.78, 5) is 10.6. The van der Waals surface area contributed by atoms with Crippen LogP contribution < -0.4 is 5.32 Å². The van der Waals surface area contributed by atoms with Crippen molar-refractivity contribution in [3.63, 3.8) is 0 Å². The second-order valence-electron chi connectivity index (χ2n) is 2.90. The minimum atomic E-state index is -0.288. The third-order valence-electron chi connectivity index (χ3n) is 2.23. The second kappa shape index (κ2) is 1.54. The van der Waals surface area contributed by atoms with Crippen molar-refractivity contribution in [3.8, 4) is 0 Å². The zero-order chi connectivity index (χ0) is 7.19. The minimum absolute atomic E-state index is 0.0567. The van der Waals surface area contributed by atoms with Crippen LogP contribution >= 0.6 is 0 Å². The second-order valence-corrected chi connectivity index (χ2v) is 2.90. The van der Waals surface area contributed by atoms with Crippen LogP contribution in [-0.4, -0.2) is 18.2 Å². The first-order valence-corrected chi connectivity index (χ1v) is 3.34. The van der Waals surface area contributed by atoms with Crippen molar-refractivity contribution < 1.29 is 9.53 Å². The lowest BCUT2D eigenvalue weighted by Gasteiger charge is -2.00. The summed E-state index contributed by atoms with van der Waals surface area (Å²) < 4.78 is 4.76. The first-order chi connectivity index (χ1) is 4.77. The molecule has 2 aliphatic rings. The smallest absolute Gasteiger partial charge is 0.407 e. The zero-order valence-electron chi connectivity index (χ0n) is 5.59. The van der Waals surface area contributed by atoms with Crippen LogP contribution in [0.3, 0.4) is 0 Å². The molecule has 1 aliphatic heterocycles. The first-order valence-electron chi connectivity index (χ1n) is 3.34. The van der Waals surface area contributed by atoms with Gasteiger partial charge in [0.05, 0.1) is 5.54 Å². The van der Waals surface area contributed by atoms with E-state index < -0.39 is 0 Å². The van der Waals surface area contributed by atoms with E-state index in [1.165, 1.54) is 0 Å². The maximum atomic E-state index is 10.6. The molecule has 54 valence electrons. The van der Waals surface area contributed by atoms with Gasteiger partial charge in [-0.1, -0.05) is 6.08 Å². The summed E-state index contributed by atoms with van der Waals surface area (Å²) in [6.45, 7) is 4.18. The van der Waals surface area contributed by atoms with Crippen molar-refractivity contribution in [3.05, 3.63) is 12.7 Å². The molecule has 2 unspecified atom stereocenters. The van der Waals surface area contributed by atoms with Crippen LogP contribution in [-0.2, 0) is 4.74 Å². The van der Waals surface area contributed by atoms with Gasteiger partial charge in [-0.15, -0.1) is 6.58 Å². The van der Waals surface area contributed by atoms with E-state index in [1.807, 2.05) is 6.08 Å². The van der Waals surface area contributed by atoms with Crippen LogP contribution in [0, 0.1) is 5.92 Å². The molecule has 1 aliphatic carbocycles. The van der Waals surface area contributed by atoms with Crippen molar-refractivity contribution in [2.45, 2.75) is 12.0 Å². The van der Waals surface area contributed by atoms with Crippen LogP contribution in [0.1, 0.15) is 6.42 Å². The number of hydrogen-bond acceptors (Lipinski definition) is 2. The number of nitrogens with one attached hydrogen (secondary N) is 1. The van der Waals surface area contributed by atoms with Crippen molar-refractivity contribution >= 4 is 6.09 Å². The first kappa shape index (κ1) is 5.77. The molecule has 0 aromatic heterocycles. The summed E-state index contributed by atoms with van der Waals surface area (Å²) in [6, 6.07) is 0. The van der Waals surface area contributed by atoms with Gasteiger partial charge in [-0.2, -0.15) is 0 Å². The third-order valence-corrected chi connectivity index (χ3v) is 2.23. The molecule has 3 heteroatoms. The van der Waals surface area contributed by atoms with Crippen molar-refractivity contribution in [2.75, 3.05) is 6.61 Å². The summed E-state index contributed by atoms with van der Waals surface area (Å²) in [7, 11) is 0. The van der Waals surface area contributed by atoms with Crippen LogP contribution in [0.4, 0.5) is 4.79 Å². The molecule has 1 amide bonds. The van der Waals surface area contributed by atoms with Crippen LogP contribution in [0.2, 0.25) is 0 Å². The monoisotopic (exact) mass is 139 g/mol. The summed E-state index contributed by atoms with van der Waals surface area (Å²) in [5.41, 5.74) is -0.0567. The number of rotatable bonds is 1. The third kappa shape index (κ3) is 0.574. The molecule has 0 aromatic carbocycles. The molecule has 1 heterocycles. The normalized spacial score (nSPS) is 42.8. The maximum absolute atomic E-state index is 10.6. The Bertz CT molecular complexity index is 202. The molecule has 2 fully saturated rings. The number of carbonyl (C=O) groups excluding carboxylic acids is 1. The van der Waals surface area contributed by atoms with Crippen molar-refractivity contribution in [1.29, 1.82) is 0 Å². The molecule has 1 spiro atoms. The molecule has 0 bridgehead atoms. The molecule has 2 atom stereocenters. The minimum Gasteiger partial charge on any atom is -0.447 e. The van der Waals surface area contributed by atoms with Crippen LogP contribution in [0.5, 0.6) is 0 Å².